The van der Waals surface area contributed by atoms with Crippen molar-refractivity contribution in [2.24, 2.45) is 0 Å². The van der Waals surface area contributed by atoms with Crippen molar-refractivity contribution in [3.05, 3.63) is 17.0 Å². The van der Waals surface area contributed by atoms with Crippen molar-refractivity contribution in [1.82, 2.24) is 15.5 Å². The number of thioether (sulfide) groups is 1. The molecule has 0 aromatic carbocycles. The number of carbonyl (C=O) groups is 1. The van der Waals surface area contributed by atoms with Crippen LogP contribution in [0, 0.1) is 13.8 Å². The van der Waals surface area contributed by atoms with Crippen LogP contribution < -0.4 is 5.32 Å². The first-order chi connectivity index (χ1) is 8.15. The van der Waals surface area contributed by atoms with Gasteiger partial charge in [-0.1, -0.05) is 6.92 Å². The summed E-state index contributed by atoms with van der Waals surface area (Å²) >= 11 is 1.80. The van der Waals surface area contributed by atoms with Crippen LogP contribution in [0.5, 0.6) is 0 Å². The van der Waals surface area contributed by atoms with Crippen LogP contribution in [0.4, 0.5) is 0 Å². The third-order valence-corrected chi connectivity index (χ3v) is 3.56. The standard InChI is InChI=1S/C12H21N3OS/c1-4-17-8-6-12(16)13-7-5-11-9(2)14-15-10(11)3/h4-8H2,1-3H3,(H,13,16)(H,14,15). The Morgan fingerprint density at radius 3 is 2.82 bits per heavy atom. The van der Waals surface area contributed by atoms with Crippen LogP contribution in [0.2, 0.25) is 0 Å². The fourth-order valence-electron chi connectivity index (χ4n) is 1.67. The van der Waals surface area contributed by atoms with Gasteiger partial charge in [0.05, 0.1) is 5.69 Å². The summed E-state index contributed by atoms with van der Waals surface area (Å²) in [4.78, 5) is 11.5. The largest absolute Gasteiger partial charge is 0.356 e. The summed E-state index contributed by atoms with van der Waals surface area (Å²) in [5.41, 5.74) is 3.34. The topological polar surface area (TPSA) is 57.8 Å². The van der Waals surface area contributed by atoms with Gasteiger partial charge < -0.3 is 5.32 Å². The van der Waals surface area contributed by atoms with E-state index in [0.717, 1.165) is 29.3 Å². The highest BCUT2D eigenvalue weighted by molar-refractivity contribution is 7.99. The lowest BCUT2D eigenvalue weighted by Crippen LogP contribution is -2.26. The predicted octanol–water partition coefficient (Wildman–Crippen LogP) is 1.83. The summed E-state index contributed by atoms with van der Waals surface area (Å²) in [7, 11) is 0. The second kappa shape index (κ2) is 7.37. The molecule has 2 N–H and O–H groups in total. The van der Waals surface area contributed by atoms with Crippen molar-refractivity contribution >= 4 is 17.7 Å². The molecule has 0 aliphatic heterocycles. The van der Waals surface area contributed by atoms with E-state index < -0.39 is 0 Å². The third-order valence-electron chi connectivity index (χ3n) is 2.66. The summed E-state index contributed by atoms with van der Waals surface area (Å²) in [5, 5.41) is 10.0. The number of rotatable bonds is 7. The molecule has 5 heteroatoms. The molecule has 1 heterocycles. The smallest absolute Gasteiger partial charge is 0.220 e. The Hall–Kier alpha value is -0.970. The lowest BCUT2D eigenvalue weighted by atomic mass is 10.1. The molecule has 0 saturated carbocycles. The molecule has 0 aliphatic carbocycles. The molecular formula is C12H21N3OS. The third kappa shape index (κ3) is 4.81. The predicted molar refractivity (Wildman–Crippen MR) is 72.4 cm³/mol. The van der Waals surface area contributed by atoms with Crippen LogP contribution in [0.1, 0.15) is 30.3 Å². The second-order valence-corrected chi connectivity index (χ2v) is 5.35. The van der Waals surface area contributed by atoms with Gasteiger partial charge in [0.1, 0.15) is 0 Å². The van der Waals surface area contributed by atoms with E-state index in [9.17, 15) is 4.79 Å². The Bertz CT molecular complexity index is 343. The minimum absolute atomic E-state index is 0.143. The Labute approximate surface area is 107 Å². The zero-order chi connectivity index (χ0) is 12.7. The van der Waals surface area contributed by atoms with E-state index in [1.165, 1.54) is 5.56 Å². The number of aryl methyl sites for hydroxylation is 2. The van der Waals surface area contributed by atoms with Crippen LogP contribution >= 0.6 is 11.8 Å². The number of hydrogen-bond acceptors (Lipinski definition) is 3. The highest BCUT2D eigenvalue weighted by Gasteiger charge is 2.06. The van der Waals surface area contributed by atoms with Gasteiger partial charge in [0.25, 0.3) is 0 Å². The molecule has 1 aromatic heterocycles. The Morgan fingerprint density at radius 1 is 1.47 bits per heavy atom. The van der Waals surface area contributed by atoms with E-state index in [2.05, 4.69) is 22.4 Å². The minimum atomic E-state index is 0.143. The number of nitrogens with zero attached hydrogens (tertiary/aromatic N) is 1. The lowest BCUT2D eigenvalue weighted by Gasteiger charge is -2.05. The highest BCUT2D eigenvalue weighted by Crippen LogP contribution is 2.09. The zero-order valence-corrected chi connectivity index (χ0v) is 11.6. The number of carbonyl (C=O) groups excluding carboxylic acids is 1. The Morgan fingerprint density at radius 2 is 2.24 bits per heavy atom. The van der Waals surface area contributed by atoms with E-state index in [-0.39, 0.29) is 5.91 Å². The van der Waals surface area contributed by atoms with Crippen LogP contribution in [-0.2, 0) is 11.2 Å². The summed E-state index contributed by atoms with van der Waals surface area (Å²) in [6, 6.07) is 0. The molecule has 1 amide bonds. The Balaban J connectivity index is 2.21. The van der Waals surface area contributed by atoms with Gasteiger partial charge in [-0.3, -0.25) is 9.89 Å². The monoisotopic (exact) mass is 255 g/mol. The molecule has 0 bridgehead atoms. The van der Waals surface area contributed by atoms with Crippen molar-refractivity contribution in [2.45, 2.75) is 33.6 Å². The maximum atomic E-state index is 11.5. The van der Waals surface area contributed by atoms with Gasteiger partial charge in [-0.25, -0.2) is 0 Å². The number of nitrogens with one attached hydrogen (secondary N) is 2. The molecule has 17 heavy (non-hydrogen) atoms. The molecule has 96 valence electrons. The summed E-state index contributed by atoms with van der Waals surface area (Å²) in [6.07, 6.45) is 1.46. The van der Waals surface area contributed by atoms with Gasteiger partial charge >= 0.3 is 0 Å². The van der Waals surface area contributed by atoms with Gasteiger partial charge in [0.2, 0.25) is 5.91 Å². The lowest BCUT2D eigenvalue weighted by molar-refractivity contribution is -0.120. The maximum Gasteiger partial charge on any atom is 0.220 e. The molecule has 0 saturated heterocycles. The molecule has 0 spiro atoms. The maximum absolute atomic E-state index is 11.5. The number of aromatic nitrogens is 2. The first-order valence-corrected chi connectivity index (χ1v) is 7.15. The van der Waals surface area contributed by atoms with Crippen LogP contribution in [-0.4, -0.2) is 34.2 Å². The average Bonchev–Trinajstić information content (AvgIpc) is 2.61. The molecule has 1 aromatic rings. The van der Waals surface area contributed by atoms with E-state index in [1.54, 1.807) is 11.8 Å². The van der Waals surface area contributed by atoms with Gasteiger partial charge in [-0.2, -0.15) is 16.9 Å². The number of amides is 1. The van der Waals surface area contributed by atoms with Crippen LogP contribution in [0.15, 0.2) is 0 Å². The van der Waals surface area contributed by atoms with Crippen molar-refractivity contribution in [1.29, 1.82) is 0 Å². The molecule has 1 rings (SSSR count). The normalized spacial score (nSPS) is 10.5. The van der Waals surface area contributed by atoms with Crippen molar-refractivity contribution in [2.75, 3.05) is 18.1 Å². The van der Waals surface area contributed by atoms with E-state index in [1.807, 2.05) is 13.8 Å². The van der Waals surface area contributed by atoms with E-state index in [4.69, 9.17) is 0 Å². The number of aromatic amines is 1. The molecule has 0 aliphatic rings. The fraction of sp³-hybridized carbons (Fsp3) is 0.667. The molecule has 0 atom stereocenters. The van der Waals surface area contributed by atoms with Gasteiger partial charge in [0.15, 0.2) is 0 Å². The first-order valence-electron chi connectivity index (χ1n) is 6.00. The number of H-pyrrole nitrogens is 1. The Kier molecular flexibility index (Phi) is 6.11. The molecule has 0 unspecified atom stereocenters. The second-order valence-electron chi connectivity index (χ2n) is 3.96. The van der Waals surface area contributed by atoms with Gasteiger partial charge in [0, 0.05) is 24.4 Å². The fourth-order valence-corrected chi connectivity index (χ4v) is 2.29. The first kappa shape index (κ1) is 14.1. The SMILES string of the molecule is CCSCCC(=O)NCCc1c(C)n[nH]c1C. The zero-order valence-electron chi connectivity index (χ0n) is 10.8. The molecule has 4 nitrogen and oxygen atoms in total. The van der Waals surface area contributed by atoms with E-state index >= 15 is 0 Å². The van der Waals surface area contributed by atoms with Gasteiger partial charge in [-0.05, 0) is 31.6 Å². The highest BCUT2D eigenvalue weighted by atomic mass is 32.2. The summed E-state index contributed by atoms with van der Waals surface area (Å²) < 4.78 is 0. The van der Waals surface area contributed by atoms with Crippen molar-refractivity contribution < 1.29 is 4.79 Å². The number of hydrogen-bond donors (Lipinski definition) is 2. The quantitative estimate of drug-likeness (QED) is 0.731. The summed E-state index contributed by atoms with van der Waals surface area (Å²) in [6.45, 7) is 6.79. The molecule has 0 fully saturated rings. The van der Waals surface area contributed by atoms with Crippen molar-refractivity contribution in [3.8, 4) is 0 Å². The van der Waals surface area contributed by atoms with Crippen molar-refractivity contribution in [3.63, 3.8) is 0 Å². The molecule has 0 radical (unpaired) electrons. The van der Waals surface area contributed by atoms with Crippen LogP contribution in [0.25, 0.3) is 0 Å². The van der Waals surface area contributed by atoms with E-state index in [0.29, 0.717) is 13.0 Å². The van der Waals surface area contributed by atoms with Gasteiger partial charge in [-0.15, -0.1) is 0 Å². The average molecular weight is 255 g/mol. The summed E-state index contributed by atoms with van der Waals surface area (Å²) in [5.74, 6) is 2.12. The van der Waals surface area contributed by atoms with Crippen LogP contribution in [0.3, 0.4) is 0 Å². The molecular weight excluding hydrogens is 234 g/mol. The minimum Gasteiger partial charge on any atom is -0.356 e.